The molecule has 1 aromatic heterocycles. The van der Waals surface area contributed by atoms with Gasteiger partial charge in [0.25, 0.3) is 0 Å². The van der Waals surface area contributed by atoms with Crippen LogP contribution in [0.1, 0.15) is 16.7 Å². The number of aromatic nitrogens is 1. The Morgan fingerprint density at radius 1 is 1.06 bits per heavy atom. The third-order valence-corrected chi connectivity index (χ3v) is 3.31. The van der Waals surface area contributed by atoms with Gasteiger partial charge in [-0.05, 0) is 29.0 Å². The van der Waals surface area contributed by atoms with Gasteiger partial charge in [0.2, 0.25) is 0 Å². The normalized spacial score (nSPS) is 10.5. The van der Waals surface area contributed by atoms with Crippen LogP contribution >= 0.6 is 11.8 Å². The summed E-state index contributed by atoms with van der Waals surface area (Å²) in [5.74, 6) is 1.08. The highest BCUT2D eigenvalue weighted by Crippen LogP contribution is 2.11. The van der Waals surface area contributed by atoms with Gasteiger partial charge in [-0.1, -0.05) is 30.3 Å². The number of hydrogen-bond acceptors (Lipinski definition) is 3. The highest BCUT2D eigenvalue weighted by atomic mass is 32.2. The molecule has 2 rings (SSSR count). The van der Waals surface area contributed by atoms with Gasteiger partial charge in [0.15, 0.2) is 0 Å². The second-order valence-electron chi connectivity index (χ2n) is 4.22. The van der Waals surface area contributed by atoms with E-state index in [4.69, 9.17) is 0 Å². The molecule has 0 amide bonds. The third-order valence-electron chi connectivity index (χ3n) is 2.68. The van der Waals surface area contributed by atoms with E-state index >= 15 is 0 Å². The fourth-order valence-corrected chi connectivity index (χ4v) is 2.36. The van der Waals surface area contributed by atoms with E-state index < -0.39 is 0 Å². The summed E-state index contributed by atoms with van der Waals surface area (Å²) in [6.45, 7) is 1.76. The number of hydrogen-bond donors (Lipinski definition) is 1. The zero-order chi connectivity index (χ0) is 12.6. The molecule has 0 unspecified atom stereocenters. The van der Waals surface area contributed by atoms with Crippen LogP contribution in [0.2, 0.25) is 0 Å². The van der Waals surface area contributed by atoms with Crippen LogP contribution in [0.4, 0.5) is 0 Å². The highest BCUT2D eigenvalue weighted by molar-refractivity contribution is 7.97. The van der Waals surface area contributed by atoms with E-state index in [0.717, 1.165) is 18.8 Å². The zero-order valence-corrected chi connectivity index (χ0v) is 11.4. The molecule has 0 radical (unpaired) electrons. The average Bonchev–Trinajstić information content (AvgIpc) is 2.41. The number of benzene rings is 1. The Hall–Kier alpha value is -1.32. The molecule has 18 heavy (non-hydrogen) atoms. The largest absolute Gasteiger partial charge is 0.309 e. The lowest BCUT2D eigenvalue weighted by Gasteiger charge is -2.06. The van der Waals surface area contributed by atoms with E-state index in [9.17, 15) is 0 Å². The van der Waals surface area contributed by atoms with Crippen molar-refractivity contribution in [3.05, 3.63) is 65.5 Å². The highest BCUT2D eigenvalue weighted by Gasteiger charge is 1.96. The predicted molar refractivity (Wildman–Crippen MR) is 78.4 cm³/mol. The molecule has 1 heterocycles. The first kappa shape index (κ1) is 13.1. The number of thioether (sulfide) groups is 1. The van der Waals surface area contributed by atoms with Gasteiger partial charge in [-0.3, -0.25) is 4.98 Å². The van der Waals surface area contributed by atoms with Crippen LogP contribution in [-0.2, 0) is 18.8 Å². The van der Waals surface area contributed by atoms with Crippen LogP contribution < -0.4 is 5.32 Å². The maximum atomic E-state index is 4.11. The van der Waals surface area contributed by atoms with Crippen molar-refractivity contribution in [3.63, 3.8) is 0 Å². The molecule has 0 spiro atoms. The molecule has 0 fully saturated rings. The molecule has 0 aliphatic rings. The van der Waals surface area contributed by atoms with Gasteiger partial charge >= 0.3 is 0 Å². The molecule has 1 aromatic carbocycles. The summed E-state index contributed by atoms with van der Waals surface area (Å²) in [6, 6.07) is 12.8. The first-order valence-corrected chi connectivity index (χ1v) is 7.44. The summed E-state index contributed by atoms with van der Waals surface area (Å²) in [4.78, 5) is 4.11. The molecule has 2 nitrogen and oxygen atoms in total. The minimum absolute atomic E-state index is 0.862. The lowest BCUT2D eigenvalue weighted by molar-refractivity contribution is 0.691. The smallest absolute Gasteiger partial charge is 0.0312 e. The van der Waals surface area contributed by atoms with Crippen molar-refractivity contribution in [2.75, 3.05) is 6.26 Å². The number of nitrogens with zero attached hydrogens (tertiary/aromatic N) is 1. The lowest BCUT2D eigenvalue weighted by Crippen LogP contribution is -2.12. The van der Waals surface area contributed by atoms with Crippen molar-refractivity contribution in [2.24, 2.45) is 0 Å². The minimum Gasteiger partial charge on any atom is -0.309 e. The Kier molecular flexibility index (Phi) is 5.24. The molecule has 1 N–H and O–H groups in total. The van der Waals surface area contributed by atoms with E-state index in [2.05, 4.69) is 46.9 Å². The SMILES string of the molecule is CSCc1cccc(CNCc2cccnc2)c1. The van der Waals surface area contributed by atoms with Crippen LogP contribution in [0.3, 0.4) is 0 Å². The molecule has 0 bridgehead atoms. The molecule has 0 saturated heterocycles. The molecular weight excluding hydrogens is 240 g/mol. The Bertz CT molecular complexity index is 471. The molecule has 3 heteroatoms. The van der Waals surface area contributed by atoms with Crippen LogP contribution in [0.25, 0.3) is 0 Å². The summed E-state index contributed by atoms with van der Waals surface area (Å²) >= 11 is 1.86. The summed E-state index contributed by atoms with van der Waals surface area (Å²) in [5, 5.41) is 3.44. The molecule has 2 aromatic rings. The Labute approximate surface area is 113 Å². The number of pyridine rings is 1. The zero-order valence-electron chi connectivity index (χ0n) is 10.6. The molecular formula is C15H18N2S. The lowest BCUT2D eigenvalue weighted by atomic mass is 10.1. The van der Waals surface area contributed by atoms with E-state index in [1.54, 1.807) is 6.20 Å². The maximum absolute atomic E-state index is 4.11. The third kappa shape index (κ3) is 4.17. The van der Waals surface area contributed by atoms with Crippen LogP contribution in [0.5, 0.6) is 0 Å². The average molecular weight is 258 g/mol. The second kappa shape index (κ2) is 7.19. The van der Waals surface area contributed by atoms with Gasteiger partial charge in [-0.25, -0.2) is 0 Å². The second-order valence-corrected chi connectivity index (χ2v) is 5.08. The summed E-state index contributed by atoms with van der Waals surface area (Å²) < 4.78 is 0. The monoisotopic (exact) mass is 258 g/mol. The van der Waals surface area contributed by atoms with Gasteiger partial charge in [0, 0.05) is 31.2 Å². The topological polar surface area (TPSA) is 24.9 Å². The van der Waals surface area contributed by atoms with Crippen molar-refractivity contribution >= 4 is 11.8 Å². The van der Waals surface area contributed by atoms with Crippen LogP contribution in [0.15, 0.2) is 48.8 Å². The van der Waals surface area contributed by atoms with Crippen molar-refractivity contribution in [1.29, 1.82) is 0 Å². The molecule has 0 saturated carbocycles. The Morgan fingerprint density at radius 3 is 2.61 bits per heavy atom. The Balaban J connectivity index is 1.84. The minimum atomic E-state index is 0.862. The first-order valence-electron chi connectivity index (χ1n) is 6.05. The van der Waals surface area contributed by atoms with Gasteiger partial charge in [-0.15, -0.1) is 0 Å². The predicted octanol–water partition coefficient (Wildman–Crippen LogP) is 3.23. The molecule has 94 valence electrons. The van der Waals surface area contributed by atoms with Crippen molar-refractivity contribution in [1.82, 2.24) is 10.3 Å². The van der Waals surface area contributed by atoms with Crippen molar-refractivity contribution in [3.8, 4) is 0 Å². The van der Waals surface area contributed by atoms with Gasteiger partial charge in [0.05, 0.1) is 0 Å². The fourth-order valence-electron chi connectivity index (χ4n) is 1.85. The van der Waals surface area contributed by atoms with Gasteiger partial charge in [0.1, 0.15) is 0 Å². The summed E-state index contributed by atoms with van der Waals surface area (Å²) in [6.07, 6.45) is 5.83. The molecule has 0 atom stereocenters. The summed E-state index contributed by atoms with van der Waals surface area (Å²) in [7, 11) is 0. The number of rotatable bonds is 6. The van der Waals surface area contributed by atoms with Gasteiger partial charge in [-0.2, -0.15) is 11.8 Å². The quantitative estimate of drug-likeness (QED) is 0.861. The fraction of sp³-hybridized carbons (Fsp3) is 0.267. The van der Waals surface area contributed by atoms with E-state index in [1.807, 2.05) is 24.0 Å². The standard InChI is InChI=1S/C15H18N2S/c1-18-12-14-5-2-4-13(8-14)9-17-11-15-6-3-7-16-10-15/h2-8,10,17H,9,11-12H2,1H3. The van der Waals surface area contributed by atoms with Crippen molar-refractivity contribution in [2.45, 2.75) is 18.8 Å². The van der Waals surface area contributed by atoms with Crippen LogP contribution in [-0.4, -0.2) is 11.2 Å². The van der Waals surface area contributed by atoms with Gasteiger partial charge < -0.3 is 5.32 Å². The molecule has 0 aliphatic carbocycles. The first-order chi connectivity index (χ1) is 8.88. The van der Waals surface area contributed by atoms with E-state index in [0.29, 0.717) is 0 Å². The summed E-state index contributed by atoms with van der Waals surface area (Å²) in [5.41, 5.74) is 3.95. The van der Waals surface area contributed by atoms with E-state index in [1.165, 1.54) is 16.7 Å². The molecule has 0 aliphatic heterocycles. The Morgan fingerprint density at radius 2 is 1.83 bits per heavy atom. The van der Waals surface area contributed by atoms with Crippen molar-refractivity contribution < 1.29 is 0 Å². The van der Waals surface area contributed by atoms with Crippen LogP contribution in [0, 0.1) is 0 Å². The maximum Gasteiger partial charge on any atom is 0.0312 e. The van der Waals surface area contributed by atoms with E-state index in [-0.39, 0.29) is 0 Å². The number of nitrogens with one attached hydrogen (secondary N) is 1.